The highest BCUT2D eigenvalue weighted by molar-refractivity contribution is 7.47. The van der Waals surface area contributed by atoms with Crippen molar-refractivity contribution < 1.29 is 37.6 Å². The number of carbonyl (C=O) groups excluding carboxylic acids is 2. The van der Waals surface area contributed by atoms with Gasteiger partial charge in [-0.2, -0.15) is 0 Å². The van der Waals surface area contributed by atoms with Gasteiger partial charge in [-0.05, 0) is 116 Å². The number of unbranched alkanes of at least 4 members (excludes halogenated alkanes) is 45. The maximum atomic E-state index is 12.8. The van der Waals surface area contributed by atoms with E-state index in [1.165, 1.54) is 257 Å². The fraction of sp³-hybridized carbons (Fsp3) is 0.736. The summed E-state index contributed by atoms with van der Waals surface area (Å²) < 4.78 is 33.3. The molecule has 0 aromatic rings. The zero-order chi connectivity index (χ0) is 72.9. The molecule has 0 saturated heterocycles. The molecule has 0 aliphatic carbocycles. The van der Waals surface area contributed by atoms with Crippen molar-refractivity contribution in [2.45, 2.75) is 405 Å². The zero-order valence-electron chi connectivity index (χ0n) is 65.9. The Morgan fingerprint density at radius 2 is 0.545 bits per heavy atom. The first-order chi connectivity index (χ1) is 49.8. The molecule has 0 saturated carbocycles. The minimum absolute atomic E-state index is 0.0478. The molecular weight excluding hydrogens is 1270 g/mol. The molecular formula is C91H160NO8P. The smallest absolute Gasteiger partial charge is 0.462 e. The van der Waals surface area contributed by atoms with E-state index in [-0.39, 0.29) is 38.6 Å². The van der Waals surface area contributed by atoms with Gasteiger partial charge in [-0.1, -0.05) is 404 Å². The van der Waals surface area contributed by atoms with E-state index in [2.05, 4.69) is 148 Å². The number of hydrogen-bond acceptors (Lipinski definition) is 8. The minimum Gasteiger partial charge on any atom is -0.462 e. The Labute approximate surface area is 624 Å². The normalized spacial score (nSPS) is 13.5. The fourth-order valence-corrected chi connectivity index (χ4v) is 13.0. The minimum atomic E-state index is -4.41. The first kappa shape index (κ1) is 97.2. The number of phosphoric acid groups is 1. The Morgan fingerprint density at radius 1 is 0.307 bits per heavy atom. The first-order valence-electron chi connectivity index (χ1n) is 42.7. The summed E-state index contributed by atoms with van der Waals surface area (Å²) in [6, 6.07) is 0. The fourth-order valence-electron chi connectivity index (χ4n) is 12.3. The van der Waals surface area contributed by atoms with Crippen molar-refractivity contribution in [2.75, 3.05) is 26.4 Å². The van der Waals surface area contributed by atoms with Crippen molar-refractivity contribution >= 4 is 19.8 Å². The molecule has 0 bridgehead atoms. The van der Waals surface area contributed by atoms with Crippen molar-refractivity contribution in [3.8, 4) is 0 Å². The number of esters is 2. The van der Waals surface area contributed by atoms with Gasteiger partial charge in [-0.15, -0.1) is 0 Å². The second-order valence-electron chi connectivity index (χ2n) is 28.3. The maximum absolute atomic E-state index is 12.8. The number of allylic oxidation sites excluding steroid dienone is 22. The standard InChI is InChI=1S/C91H160NO8P/c1-3-5-7-9-11-13-15-17-19-21-23-25-27-29-31-33-35-37-39-41-43-44-46-47-49-51-53-55-57-59-61-63-65-67-69-71-73-75-77-79-81-83-90(93)97-87-89(88-99-101(95,96)98-86-85-92)100-91(94)84-82-80-78-76-74-72-70-68-66-64-62-60-58-56-54-52-50-48-45-42-40-38-36-34-32-30-28-26-24-22-20-18-16-14-12-10-8-6-4-2/h6,8,12,14,18,20-21,23-24,26,30,32,36,38,42,45,50,52,56,58,62,64,89H,3-5,7,9-11,13,15-17,19,22,25,27-29,31,33-35,37,39-41,43-44,46-49,51,53-55,57,59-61,63,65-88,92H2,1-2H3,(H,95,96)/b8-6-,14-12-,20-18-,23-21-,26-24-,32-30-,38-36-,45-42-,52-50-,58-56-,64-62-. The quantitative estimate of drug-likeness (QED) is 0.0264. The van der Waals surface area contributed by atoms with Gasteiger partial charge in [0.2, 0.25) is 0 Å². The molecule has 3 N–H and O–H groups in total. The molecule has 0 amide bonds. The van der Waals surface area contributed by atoms with Crippen LogP contribution in [0.2, 0.25) is 0 Å². The lowest BCUT2D eigenvalue weighted by Gasteiger charge is -2.19. The van der Waals surface area contributed by atoms with Gasteiger partial charge in [0.25, 0.3) is 0 Å². The molecule has 0 rings (SSSR count). The third-order valence-corrected chi connectivity index (χ3v) is 19.5. The molecule has 0 aliphatic rings. The van der Waals surface area contributed by atoms with E-state index in [1.54, 1.807) is 0 Å². The molecule has 0 heterocycles. The summed E-state index contributed by atoms with van der Waals surface area (Å²) in [6.07, 6.45) is 122. The second-order valence-corrected chi connectivity index (χ2v) is 29.8. The van der Waals surface area contributed by atoms with Crippen molar-refractivity contribution in [3.63, 3.8) is 0 Å². The Balaban J connectivity index is 3.82. The average Bonchev–Trinajstić information content (AvgIpc) is 1.01. The Hall–Kier alpha value is -3.85. The summed E-state index contributed by atoms with van der Waals surface area (Å²) in [5.74, 6) is -0.828. The molecule has 10 heteroatoms. The molecule has 582 valence electrons. The molecule has 0 radical (unpaired) electrons. The van der Waals surface area contributed by atoms with Gasteiger partial charge in [-0.3, -0.25) is 18.6 Å². The highest BCUT2D eigenvalue weighted by atomic mass is 31.2. The van der Waals surface area contributed by atoms with Gasteiger partial charge in [0, 0.05) is 19.4 Å². The Bertz CT molecular complexity index is 2130. The molecule has 0 aliphatic heterocycles. The molecule has 0 fully saturated rings. The van der Waals surface area contributed by atoms with E-state index < -0.39 is 26.5 Å². The third kappa shape index (κ3) is 85.0. The van der Waals surface area contributed by atoms with E-state index in [4.69, 9.17) is 24.3 Å². The van der Waals surface area contributed by atoms with Gasteiger partial charge >= 0.3 is 19.8 Å². The second kappa shape index (κ2) is 85.1. The monoisotopic (exact) mass is 1430 g/mol. The van der Waals surface area contributed by atoms with Crippen molar-refractivity contribution in [1.82, 2.24) is 0 Å². The van der Waals surface area contributed by atoms with Crippen molar-refractivity contribution in [3.05, 3.63) is 134 Å². The summed E-state index contributed by atoms with van der Waals surface area (Å²) in [5.41, 5.74) is 5.42. The Kier molecular flexibility index (Phi) is 81.8. The van der Waals surface area contributed by atoms with E-state index in [9.17, 15) is 19.0 Å². The predicted molar refractivity (Wildman–Crippen MR) is 441 cm³/mol. The van der Waals surface area contributed by atoms with Crippen LogP contribution >= 0.6 is 7.82 Å². The van der Waals surface area contributed by atoms with Crippen LogP contribution in [0.3, 0.4) is 0 Å². The maximum Gasteiger partial charge on any atom is 0.472 e. The lowest BCUT2D eigenvalue weighted by Crippen LogP contribution is -2.29. The van der Waals surface area contributed by atoms with Crippen molar-refractivity contribution in [1.29, 1.82) is 0 Å². The van der Waals surface area contributed by atoms with Gasteiger partial charge in [0.1, 0.15) is 6.61 Å². The van der Waals surface area contributed by atoms with Gasteiger partial charge < -0.3 is 20.1 Å². The number of rotatable bonds is 80. The lowest BCUT2D eigenvalue weighted by molar-refractivity contribution is -0.161. The molecule has 0 spiro atoms. The van der Waals surface area contributed by atoms with E-state index >= 15 is 0 Å². The van der Waals surface area contributed by atoms with Crippen LogP contribution in [0.4, 0.5) is 0 Å². The molecule has 9 nitrogen and oxygen atoms in total. The summed E-state index contributed by atoms with van der Waals surface area (Å²) in [4.78, 5) is 35.5. The Morgan fingerprint density at radius 3 is 0.822 bits per heavy atom. The van der Waals surface area contributed by atoms with E-state index in [1.807, 2.05) is 0 Å². The summed E-state index contributed by atoms with van der Waals surface area (Å²) in [5, 5.41) is 0. The van der Waals surface area contributed by atoms with Crippen LogP contribution in [0.5, 0.6) is 0 Å². The number of nitrogens with two attached hydrogens (primary N) is 1. The molecule has 101 heavy (non-hydrogen) atoms. The number of hydrogen-bond donors (Lipinski definition) is 2. The largest absolute Gasteiger partial charge is 0.472 e. The van der Waals surface area contributed by atoms with Crippen LogP contribution in [0, 0.1) is 0 Å². The van der Waals surface area contributed by atoms with Gasteiger partial charge in [-0.25, -0.2) is 4.57 Å². The van der Waals surface area contributed by atoms with Crippen LogP contribution in [-0.2, 0) is 32.7 Å². The van der Waals surface area contributed by atoms with Crippen LogP contribution < -0.4 is 5.73 Å². The summed E-state index contributed by atoms with van der Waals surface area (Å²) in [7, 11) is -4.41. The van der Waals surface area contributed by atoms with Gasteiger partial charge in [0.15, 0.2) is 6.10 Å². The lowest BCUT2D eigenvalue weighted by atomic mass is 10.0. The summed E-state index contributed by atoms with van der Waals surface area (Å²) in [6.45, 7) is 3.66. The van der Waals surface area contributed by atoms with Crippen LogP contribution in [0.25, 0.3) is 0 Å². The van der Waals surface area contributed by atoms with Crippen molar-refractivity contribution in [2.24, 2.45) is 5.73 Å². The molecule has 2 atom stereocenters. The summed E-state index contributed by atoms with van der Waals surface area (Å²) >= 11 is 0. The SMILES string of the molecule is CC/C=C\C/C=C\C/C=C\C/C=C\C/C=C\C/C=C\C/C=C\C/C=C\C/C=C\C/C=C\CCCCCCCCCCC(=O)OC(COC(=O)CCCCCCCCCCCCCCCCCCCCCCCCCCCCCCC/C=C\CCCCCCCCCC)COP(=O)(O)OCCN. The first-order valence-corrected chi connectivity index (χ1v) is 44.2. The predicted octanol–water partition coefficient (Wildman–Crippen LogP) is 29.1. The van der Waals surface area contributed by atoms with Crippen LogP contribution in [0.15, 0.2) is 134 Å². The number of ether oxygens (including phenoxy) is 2. The zero-order valence-corrected chi connectivity index (χ0v) is 66.8. The third-order valence-electron chi connectivity index (χ3n) is 18.5. The highest BCUT2D eigenvalue weighted by Crippen LogP contribution is 2.43. The molecule has 0 aromatic heterocycles. The van der Waals surface area contributed by atoms with Crippen LogP contribution in [0.1, 0.15) is 399 Å². The number of carbonyl (C=O) groups is 2. The number of phosphoric ester groups is 1. The highest BCUT2D eigenvalue weighted by Gasteiger charge is 2.26. The molecule has 2 unspecified atom stereocenters. The van der Waals surface area contributed by atoms with Crippen LogP contribution in [-0.4, -0.2) is 49.3 Å². The van der Waals surface area contributed by atoms with E-state index in [0.717, 1.165) is 109 Å². The van der Waals surface area contributed by atoms with Gasteiger partial charge in [0.05, 0.1) is 13.2 Å². The van der Waals surface area contributed by atoms with E-state index in [0.29, 0.717) is 6.42 Å². The average molecular weight is 1430 g/mol. The topological polar surface area (TPSA) is 134 Å². The molecule has 0 aromatic carbocycles.